The number of hydrogen-bond acceptors (Lipinski definition) is 2. The number of hydrogen-bond donors (Lipinski definition) is 2. The van der Waals surface area contributed by atoms with Crippen LogP contribution < -0.4 is 10.6 Å². The Balaban J connectivity index is 2.24. The van der Waals surface area contributed by atoms with Crippen LogP contribution in [0.25, 0.3) is 0 Å². The molecule has 186 valence electrons. The van der Waals surface area contributed by atoms with E-state index in [-0.39, 0.29) is 17.0 Å². The topological polar surface area (TPSA) is 41.1 Å². The summed E-state index contributed by atoms with van der Waals surface area (Å²) >= 11 is 5.15. The van der Waals surface area contributed by atoms with Crippen molar-refractivity contribution in [3.8, 4) is 0 Å². The Morgan fingerprint density at radius 1 is 0.912 bits per heavy atom. The van der Waals surface area contributed by atoms with Crippen molar-refractivity contribution in [1.29, 1.82) is 0 Å². The van der Waals surface area contributed by atoms with Gasteiger partial charge in [-0.25, -0.2) is 0 Å². The summed E-state index contributed by atoms with van der Waals surface area (Å²) in [5.74, 6) is -0.590. The summed E-state index contributed by atoms with van der Waals surface area (Å²) in [6.45, 7) is 7.11. The number of Topliss-reactive ketones (excluding diaryl/α,β-unsaturated/α-hetero) is 1. The van der Waals surface area contributed by atoms with E-state index >= 15 is 0 Å². The van der Waals surface area contributed by atoms with E-state index in [4.69, 9.17) is 12.2 Å². The van der Waals surface area contributed by atoms with Crippen molar-refractivity contribution in [2.24, 2.45) is 11.3 Å². The zero-order valence-electron chi connectivity index (χ0n) is 19.1. The highest BCUT2D eigenvalue weighted by molar-refractivity contribution is 7.80. The highest BCUT2D eigenvalue weighted by atomic mass is 32.1. The molecule has 0 spiro atoms. The molecule has 0 aliphatic carbocycles. The molecule has 0 aromatic heterocycles. The molecule has 2 N–H and O–H groups in total. The highest BCUT2D eigenvalue weighted by Gasteiger charge is 2.38. The average Bonchev–Trinajstić information content (AvgIpc) is 2.70. The molecule has 2 rings (SSSR count). The number of anilines is 1. The van der Waals surface area contributed by atoms with Gasteiger partial charge in [0.2, 0.25) is 0 Å². The molecule has 0 saturated carbocycles. The van der Waals surface area contributed by atoms with E-state index in [0.717, 1.165) is 5.56 Å². The van der Waals surface area contributed by atoms with Gasteiger partial charge in [-0.2, -0.15) is 26.3 Å². The van der Waals surface area contributed by atoms with Crippen LogP contribution in [0, 0.1) is 11.3 Å². The lowest BCUT2D eigenvalue weighted by atomic mass is 9.79. The molecule has 34 heavy (non-hydrogen) atoms. The smallest absolute Gasteiger partial charge is 0.352 e. The van der Waals surface area contributed by atoms with E-state index in [0.29, 0.717) is 18.6 Å². The third-order valence-corrected chi connectivity index (χ3v) is 5.36. The van der Waals surface area contributed by atoms with Crippen molar-refractivity contribution in [2.75, 3.05) is 5.32 Å². The number of rotatable bonds is 6. The maximum absolute atomic E-state index is 13.2. The number of nitrogens with one attached hydrogen (secondary N) is 2. The number of thiocarbonyl (C=S) groups is 1. The maximum Gasteiger partial charge on any atom is 0.416 e. The summed E-state index contributed by atoms with van der Waals surface area (Å²) in [5, 5.41) is 4.92. The summed E-state index contributed by atoms with van der Waals surface area (Å²) in [5.41, 5.74) is -3.10. The number of alkyl halides is 6. The monoisotopic (exact) mass is 504 g/mol. The van der Waals surface area contributed by atoms with E-state index in [1.807, 2.05) is 30.3 Å². The minimum absolute atomic E-state index is 0.0361. The first-order chi connectivity index (χ1) is 15.5. The Hall–Kier alpha value is -2.62. The highest BCUT2D eigenvalue weighted by Crippen LogP contribution is 2.37. The van der Waals surface area contributed by atoms with Crippen LogP contribution in [0.4, 0.5) is 32.0 Å². The van der Waals surface area contributed by atoms with Crippen LogP contribution in [0.5, 0.6) is 0 Å². The molecule has 0 bridgehead atoms. The van der Waals surface area contributed by atoms with Gasteiger partial charge in [-0.3, -0.25) is 4.79 Å². The van der Waals surface area contributed by atoms with Crippen molar-refractivity contribution in [2.45, 2.75) is 52.5 Å². The third-order valence-electron chi connectivity index (χ3n) is 5.14. The fraction of sp³-hybridized carbons (Fsp3) is 0.417. The molecule has 2 aromatic carbocycles. The fourth-order valence-corrected chi connectivity index (χ4v) is 3.63. The van der Waals surface area contributed by atoms with Gasteiger partial charge in [-0.05, 0) is 47.8 Å². The van der Waals surface area contributed by atoms with Crippen molar-refractivity contribution in [3.05, 3.63) is 65.2 Å². The minimum atomic E-state index is -4.98. The summed E-state index contributed by atoms with van der Waals surface area (Å²) in [6.07, 6.45) is -9.50. The molecule has 2 aromatic rings. The van der Waals surface area contributed by atoms with Crippen LogP contribution >= 0.6 is 12.2 Å². The van der Waals surface area contributed by atoms with Crippen molar-refractivity contribution in [1.82, 2.24) is 5.32 Å². The van der Waals surface area contributed by atoms with Gasteiger partial charge in [0.05, 0.1) is 17.2 Å². The molecule has 0 aliphatic heterocycles. The molecule has 3 nitrogen and oxygen atoms in total. The predicted octanol–water partition coefficient (Wildman–Crippen LogP) is 6.87. The van der Waals surface area contributed by atoms with E-state index in [1.165, 1.54) is 0 Å². The molecular weight excluding hydrogens is 478 g/mol. The average molecular weight is 505 g/mol. The molecule has 0 amide bonds. The SMILES string of the molecule is CC(Cc1ccccc1)C(=O)[C@@H](NC(=S)Nc1cc(C(F)(F)F)cc(C(F)(F)F)c1)C(C)(C)C. The second kappa shape index (κ2) is 10.3. The number of carbonyl (C=O) groups excluding carboxylic acids is 1. The third kappa shape index (κ3) is 7.72. The zero-order valence-corrected chi connectivity index (χ0v) is 19.9. The summed E-state index contributed by atoms with van der Waals surface area (Å²) in [6, 6.07) is 9.63. The van der Waals surface area contributed by atoms with Gasteiger partial charge in [-0.1, -0.05) is 58.0 Å². The Labute approximate surface area is 199 Å². The quantitative estimate of drug-likeness (QED) is 0.333. The van der Waals surface area contributed by atoms with Crippen LogP contribution in [0.2, 0.25) is 0 Å². The summed E-state index contributed by atoms with van der Waals surface area (Å²) < 4.78 is 78.8. The second-order valence-electron chi connectivity index (χ2n) is 9.19. The van der Waals surface area contributed by atoms with Gasteiger partial charge < -0.3 is 10.6 Å². The molecule has 0 fully saturated rings. The van der Waals surface area contributed by atoms with Crippen LogP contribution in [0.3, 0.4) is 0 Å². The predicted molar refractivity (Wildman–Crippen MR) is 123 cm³/mol. The van der Waals surface area contributed by atoms with Crippen LogP contribution in [-0.2, 0) is 23.6 Å². The van der Waals surface area contributed by atoms with Crippen molar-refractivity contribution in [3.63, 3.8) is 0 Å². The minimum Gasteiger partial charge on any atom is -0.352 e. The molecule has 0 saturated heterocycles. The number of benzene rings is 2. The first kappa shape index (κ1) is 27.6. The number of halogens is 6. The molecule has 2 atom stereocenters. The molecule has 0 aliphatic rings. The number of ketones is 1. The lowest BCUT2D eigenvalue weighted by Crippen LogP contribution is -2.52. The first-order valence-corrected chi connectivity index (χ1v) is 10.8. The second-order valence-corrected chi connectivity index (χ2v) is 9.59. The first-order valence-electron chi connectivity index (χ1n) is 10.4. The normalized spacial score (nSPS) is 14.3. The van der Waals surface area contributed by atoms with E-state index in [9.17, 15) is 31.1 Å². The lowest BCUT2D eigenvalue weighted by Gasteiger charge is -2.33. The molecular formula is C24H26F6N2OS. The van der Waals surface area contributed by atoms with Gasteiger partial charge >= 0.3 is 12.4 Å². The summed E-state index contributed by atoms with van der Waals surface area (Å²) in [4.78, 5) is 13.2. The van der Waals surface area contributed by atoms with Gasteiger partial charge in [0.1, 0.15) is 0 Å². The van der Waals surface area contributed by atoms with E-state index in [1.54, 1.807) is 27.7 Å². The largest absolute Gasteiger partial charge is 0.416 e. The van der Waals surface area contributed by atoms with Crippen LogP contribution in [0.15, 0.2) is 48.5 Å². The Morgan fingerprint density at radius 2 is 1.41 bits per heavy atom. The maximum atomic E-state index is 13.2. The Kier molecular flexibility index (Phi) is 8.39. The van der Waals surface area contributed by atoms with Gasteiger partial charge in [0.25, 0.3) is 0 Å². The molecule has 1 unspecified atom stereocenters. The lowest BCUT2D eigenvalue weighted by molar-refractivity contribution is -0.143. The van der Waals surface area contributed by atoms with E-state index in [2.05, 4.69) is 10.6 Å². The molecule has 10 heteroatoms. The summed E-state index contributed by atoms with van der Waals surface area (Å²) in [7, 11) is 0. The van der Waals surface area contributed by atoms with Gasteiger partial charge in [0.15, 0.2) is 10.9 Å². The Morgan fingerprint density at radius 3 is 1.85 bits per heavy atom. The molecule has 0 heterocycles. The van der Waals surface area contributed by atoms with Crippen molar-refractivity contribution < 1.29 is 31.1 Å². The molecule has 0 radical (unpaired) electrons. The fourth-order valence-electron chi connectivity index (χ4n) is 3.39. The van der Waals surface area contributed by atoms with Gasteiger partial charge in [-0.15, -0.1) is 0 Å². The van der Waals surface area contributed by atoms with E-state index < -0.39 is 46.5 Å². The van der Waals surface area contributed by atoms with Crippen LogP contribution in [-0.4, -0.2) is 16.9 Å². The van der Waals surface area contributed by atoms with Gasteiger partial charge in [0, 0.05) is 11.6 Å². The van der Waals surface area contributed by atoms with Crippen LogP contribution in [0.1, 0.15) is 44.4 Å². The van der Waals surface area contributed by atoms with Crippen molar-refractivity contribution >= 4 is 28.8 Å². The standard InChI is InChI=1S/C24H26F6N2OS/c1-14(10-15-8-6-5-7-9-15)19(33)20(22(2,3)4)32-21(34)31-18-12-16(23(25,26)27)11-17(13-18)24(28,29)30/h5-9,11-14,20H,10H2,1-4H3,(H2,31,32,34)/t14?,20-/m1/s1. The Bertz CT molecular complexity index is 981. The zero-order chi connectivity index (χ0) is 25.9. The number of carbonyl (C=O) groups is 1.